The van der Waals surface area contributed by atoms with Gasteiger partial charge in [0.2, 0.25) is 0 Å². The van der Waals surface area contributed by atoms with Gasteiger partial charge >= 0.3 is 0 Å². The molecule has 29 heavy (non-hydrogen) atoms. The average Bonchev–Trinajstić information content (AvgIpc) is 3.33. The van der Waals surface area contributed by atoms with Gasteiger partial charge in [0.25, 0.3) is 0 Å². The van der Waals surface area contributed by atoms with Crippen molar-refractivity contribution in [2.75, 3.05) is 5.32 Å². The molecule has 4 nitrogen and oxygen atoms in total. The Kier molecular flexibility index (Phi) is 5.97. The van der Waals surface area contributed by atoms with Crippen LogP contribution in [-0.4, -0.2) is 14.8 Å². The van der Waals surface area contributed by atoms with Crippen LogP contribution in [0, 0.1) is 5.92 Å². The molecular weight excluding hydrogens is 400 g/mol. The van der Waals surface area contributed by atoms with Gasteiger partial charge in [-0.3, -0.25) is 4.68 Å². The molecule has 0 fully saturated rings. The summed E-state index contributed by atoms with van der Waals surface area (Å²) in [5.74, 6) is 1.36. The van der Waals surface area contributed by atoms with E-state index in [1.54, 1.807) is 11.3 Å². The van der Waals surface area contributed by atoms with Gasteiger partial charge in [0.1, 0.15) is 11.5 Å². The molecule has 0 aliphatic carbocycles. The number of rotatable bonds is 7. The van der Waals surface area contributed by atoms with E-state index >= 15 is 0 Å². The fourth-order valence-corrected chi connectivity index (χ4v) is 4.25. The summed E-state index contributed by atoms with van der Waals surface area (Å²) in [6.45, 7) is 6.00. The number of anilines is 1. The quantitative estimate of drug-likeness (QED) is 0.365. The Labute approximate surface area is 180 Å². The van der Waals surface area contributed by atoms with Crippen molar-refractivity contribution in [1.82, 2.24) is 14.8 Å². The van der Waals surface area contributed by atoms with Crippen LogP contribution in [0.2, 0.25) is 4.34 Å². The highest BCUT2D eigenvalue weighted by atomic mass is 35.5. The zero-order valence-corrected chi connectivity index (χ0v) is 18.0. The summed E-state index contributed by atoms with van der Waals surface area (Å²) in [6, 6.07) is 18.4. The first-order chi connectivity index (χ1) is 14.1. The van der Waals surface area contributed by atoms with Crippen LogP contribution in [0.3, 0.4) is 0 Å². The van der Waals surface area contributed by atoms with Crippen molar-refractivity contribution in [2.45, 2.75) is 26.9 Å². The second kappa shape index (κ2) is 8.80. The van der Waals surface area contributed by atoms with Crippen molar-refractivity contribution in [1.29, 1.82) is 0 Å². The molecule has 0 unspecified atom stereocenters. The van der Waals surface area contributed by atoms with Gasteiger partial charge in [-0.1, -0.05) is 55.8 Å². The van der Waals surface area contributed by atoms with Gasteiger partial charge in [0, 0.05) is 31.0 Å². The highest BCUT2D eigenvalue weighted by Gasteiger charge is 2.16. The fourth-order valence-electron chi connectivity index (χ4n) is 3.21. The maximum atomic E-state index is 6.19. The van der Waals surface area contributed by atoms with Gasteiger partial charge in [-0.05, 0) is 41.3 Å². The second-order valence-electron chi connectivity index (χ2n) is 7.38. The van der Waals surface area contributed by atoms with E-state index in [9.17, 15) is 0 Å². The molecule has 0 spiro atoms. The van der Waals surface area contributed by atoms with E-state index in [1.165, 1.54) is 5.56 Å². The number of thiophene rings is 1. The van der Waals surface area contributed by atoms with Gasteiger partial charge in [0.15, 0.2) is 0 Å². The lowest BCUT2D eigenvalue weighted by Gasteiger charge is -2.08. The van der Waals surface area contributed by atoms with Crippen LogP contribution >= 0.6 is 22.9 Å². The third-order valence-corrected chi connectivity index (χ3v) is 5.75. The SMILES string of the molecule is CC(C)Cn1cc(-c2ccnc(NCc3ccccc3)c2)c(-c2ccc(Cl)s2)n1. The molecule has 0 saturated heterocycles. The van der Waals surface area contributed by atoms with Gasteiger partial charge in [-0.15, -0.1) is 11.3 Å². The minimum atomic E-state index is 0.517. The highest BCUT2D eigenvalue weighted by molar-refractivity contribution is 7.19. The zero-order valence-electron chi connectivity index (χ0n) is 16.5. The minimum absolute atomic E-state index is 0.517. The molecule has 0 aliphatic rings. The van der Waals surface area contributed by atoms with Crippen molar-refractivity contribution >= 4 is 28.8 Å². The van der Waals surface area contributed by atoms with Gasteiger partial charge in [-0.25, -0.2) is 4.98 Å². The molecule has 148 valence electrons. The number of hydrogen-bond donors (Lipinski definition) is 1. The van der Waals surface area contributed by atoms with E-state index < -0.39 is 0 Å². The summed E-state index contributed by atoms with van der Waals surface area (Å²) < 4.78 is 2.80. The number of halogens is 1. The van der Waals surface area contributed by atoms with E-state index in [-0.39, 0.29) is 0 Å². The van der Waals surface area contributed by atoms with Crippen LogP contribution in [0.5, 0.6) is 0 Å². The van der Waals surface area contributed by atoms with Gasteiger partial charge in [-0.2, -0.15) is 5.10 Å². The van der Waals surface area contributed by atoms with Crippen molar-refractivity contribution in [3.8, 4) is 21.7 Å². The summed E-state index contributed by atoms with van der Waals surface area (Å²) in [4.78, 5) is 5.56. The minimum Gasteiger partial charge on any atom is -0.366 e. The molecule has 0 aliphatic heterocycles. The largest absolute Gasteiger partial charge is 0.366 e. The molecule has 3 heterocycles. The number of nitrogens with one attached hydrogen (secondary N) is 1. The average molecular weight is 423 g/mol. The molecule has 0 bridgehead atoms. The number of benzene rings is 1. The molecule has 1 aromatic carbocycles. The Morgan fingerprint density at radius 3 is 2.66 bits per heavy atom. The molecule has 0 amide bonds. The van der Waals surface area contributed by atoms with Crippen molar-refractivity contribution in [3.63, 3.8) is 0 Å². The number of pyridine rings is 1. The third-order valence-electron chi connectivity index (χ3n) is 4.51. The zero-order chi connectivity index (χ0) is 20.2. The van der Waals surface area contributed by atoms with Crippen LogP contribution in [0.4, 0.5) is 5.82 Å². The van der Waals surface area contributed by atoms with Crippen LogP contribution in [0.25, 0.3) is 21.7 Å². The Balaban J connectivity index is 1.65. The summed E-state index contributed by atoms with van der Waals surface area (Å²) in [7, 11) is 0. The number of nitrogens with zero attached hydrogens (tertiary/aromatic N) is 3. The van der Waals surface area contributed by atoms with Crippen LogP contribution in [-0.2, 0) is 13.1 Å². The summed E-state index contributed by atoms with van der Waals surface area (Å²) in [6.07, 6.45) is 3.97. The number of hydrogen-bond acceptors (Lipinski definition) is 4. The smallest absolute Gasteiger partial charge is 0.126 e. The van der Waals surface area contributed by atoms with Crippen molar-refractivity contribution in [3.05, 3.63) is 76.9 Å². The predicted molar refractivity (Wildman–Crippen MR) is 122 cm³/mol. The molecule has 3 aromatic heterocycles. The third kappa shape index (κ3) is 4.86. The Bertz CT molecular complexity index is 1090. The Hall–Kier alpha value is -2.63. The first kappa shape index (κ1) is 19.7. The maximum Gasteiger partial charge on any atom is 0.126 e. The lowest BCUT2D eigenvalue weighted by atomic mass is 10.1. The normalized spacial score (nSPS) is 11.2. The molecule has 4 aromatic rings. The van der Waals surface area contributed by atoms with E-state index in [0.717, 1.165) is 44.9 Å². The Morgan fingerprint density at radius 2 is 1.93 bits per heavy atom. The van der Waals surface area contributed by atoms with Gasteiger partial charge < -0.3 is 5.32 Å². The van der Waals surface area contributed by atoms with E-state index in [2.05, 4.69) is 48.5 Å². The molecule has 1 N–H and O–H groups in total. The summed E-state index contributed by atoms with van der Waals surface area (Å²) in [5, 5.41) is 8.28. The van der Waals surface area contributed by atoms with E-state index in [1.807, 2.05) is 47.3 Å². The lowest BCUT2D eigenvalue weighted by molar-refractivity contribution is 0.484. The highest BCUT2D eigenvalue weighted by Crippen LogP contribution is 2.37. The molecular formula is C23H23ClN4S. The lowest BCUT2D eigenvalue weighted by Crippen LogP contribution is -2.04. The molecule has 0 atom stereocenters. The van der Waals surface area contributed by atoms with Crippen molar-refractivity contribution < 1.29 is 0 Å². The first-order valence-corrected chi connectivity index (χ1v) is 10.9. The van der Waals surface area contributed by atoms with Crippen molar-refractivity contribution in [2.24, 2.45) is 5.92 Å². The van der Waals surface area contributed by atoms with Gasteiger partial charge in [0.05, 0.1) is 9.21 Å². The van der Waals surface area contributed by atoms with E-state index in [0.29, 0.717) is 5.92 Å². The standard InChI is InChI=1S/C23H23ClN4S/c1-16(2)14-28-15-19(23(27-28)20-8-9-21(24)29-20)18-10-11-25-22(12-18)26-13-17-6-4-3-5-7-17/h3-12,15-16H,13-14H2,1-2H3,(H,25,26). The maximum absolute atomic E-state index is 6.19. The molecule has 0 radical (unpaired) electrons. The molecule has 6 heteroatoms. The fraction of sp³-hybridized carbons (Fsp3) is 0.217. The monoisotopic (exact) mass is 422 g/mol. The topological polar surface area (TPSA) is 42.7 Å². The Morgan fingerprint density at radius 1 is 1.10 bits per heavy atom. The number of aromatic nitrogens is 3. The van der Waals surface area contributed by atoms with Crippen LogP contribution in [0.15, 0.2) is 67.0 Å². The molecule has 4 rings (SSSR count). The second-order valence-corrected chi connectivity index (χ2v) is 9.10. The summed E-state index contributed by atoms with van der Waals surface area (Å²) in [5.41, 5.74) is 4.36. The van der Waals surface area contributed by atoms with E-state index in [4.69, 9.17) is 16.7 Å². The predicted octanol–water partition coefficient (Wildman–Crippen LogP) is 6.60. The molecule has 0 saturated carbocycles. The first-order valence-electron chi connectivity index (χ1n) is 9.66. The van der Waals surface area contributed by atoms with Crippen LogP contribution < -0.4 is 5.32 Å². The van der Waals surface area contributed by atoms with Crippen LogP contribution in [0.1, 0.15) is 19.4 Å². The summed E-state index contributed by atoms with van der Waals surface area (Å²) >= 11 is 7.74.